The first kappa shape index (κ1) is 13.5. The fraction of sp³-hybridized carbons (Fsp3) is 0.636. The number of anilines is 1. The maximum absolute atomic E-state index is 11.5. The van der Waals surface area contributed by atoms with Gasteiger partial charge >= 0.3 is 0 Å². The van der Waals surface area contributed by atoms with Gasteiger partial charge in [-0.1, -0.05) is 0 Å². The zero-order chi connectivity index (χ0) is 13.3. The normalized spacial score (nSPS) is 12.4. The summed E-state index contributed by atoms with van der Waals surface area (Å²) in [5.74, 6) is 0.410. The van der Waals surface area contributed by atoms with E-state index in [2.05, 4.69) is 15.3 Å². The topological polar surface area (TPSA) is 87.2 Å². The molecule has 3 N–H and O–H groups in total. The predicted octanol–water partition coefficient (Wildman–Crippen LogP) is 0.740. The van der Waals surface area contributed by atoms with Crippen LogP contribution in [0.1, 0.15) is 27.7 Å². The fourth-order valence-corrected chi connectivity index (χ4v) is 1.11. The number of rotatable bonds is 4. The van der Waals surface area contributed by atoms with Gasteiger partial charge in [0.05, 0.1) is 24.6 Å². The lowest BCUT2D eigenvalue weighted by Crippen LogP contribution is -2.51. The van der Waals surface area contributed by atoms with Gasteiger partial charge in [-0.2, -0.15) is 0 Å². The van der Waals surface area contributed by atoms with Gasteiger partial charge in [-0.25, -0.2) is 4.98 Å². The van der Waals surface area contributed by atoms with Crippen molar-refractivity contribution in [2.45, 2.75) is 38.8 Å². The number of H-pyrrole nitrogens is 1. The van der Waals surface area contributed by atoms with E-state index in [4.69, 9.17) is 4.74 Å². The summed E-state index contributed by atoms with van der Waals surface area (Å²) in [6.45, 7) is 6.99. The standard InChI is InChI=1S/C11H19N3O3/c1-10(2,11(3,4)16)14-8-7(17-5)9(15)13-6-12-8/h6,16H,1-5H3,(H2,12,13,14,15). The van der Waals surface area contributed by atoms with Crippen LogP contribution in [0.2, 0.25) is 0 Å². The van der Waals surface area contributed by atoms with E-state index < -0.39 is 11.1 Å². The Morgan fingerprint density at radius 1 is 1.41 bits per heavy atom. The van der Waals surface area contributed by atoms with Gasteiger partial charge in [0.2, 0.25) is 5.75 Å². The van der Waals surface area contributed by atoms with Crippen LogP contribution >= 0.6 is 0 Å². The number of aliphatic hydroxyl groups is 1. The minimum atomic E-state index is -0.984. The van der Waals surface area contributed by atoms with Crippen LogP contribution in [0.4, 0.5) is 5.82 Å². The van der Waals surface area contributed by atoms with E-state index in [1.54, 1.807) is 13.8 Å². The van der Waals surface area contributed by atoms with Crippen LogP contribution in [-0.4, -0.2) is 33.3 Å². The molecule has 1 rings (SSSR count). The number of nitrogens with zero attached hydrogens (tertiary/aromatic N) is 1. The summed E-state index contributed by atoms with van der Waals surface area (Å²) in [4.78, 5) is 17.9. The summed E-state index contributed by atoms with van der Waals surface area (Å²) < 4.78 is 4.98. The summed E-state index contributed by atoms with van der Waals surface area (Å²) in [7, 11) is 1.40. The maximum atomic E-state index is 11.5. The molecular formula is C11H19N3O3. The summed E-state index contributed by atoms with van der Waals surface area (Å²) in [5, 5.41) is 13.0. The first-order valence-corrected chi connectivity index (χ1v) is 5.31. The Labute approximate surface area is 100 Å². The molecule has 1 heterocycles. The van der Waals surface area contributed by atoms with Crippen molar-refractivity contribution in [2.24, 2.45) is 0 Å². The van der Waals surface area contributed by atoms with Crippen LogP contribution in [0.15, 0.2) is 11.1 Å². The van der Waals surface area contributed by atoms with Crippen LogP contribution in [0.5, 0.6) is 5.75 Å². The Bertz CT molecular complexity index is 446. The molecule has 6 nitrogen and oxygen atoms in total. The van der Waals surface area contributed by atoms with E-state index in [0.717, 1.165) is 0 Å². The minimum Gasteiger partial charge on any atom is -0.489 e. The van der Waals surface area contributed by atoms with Crippen molar-refractivity contribution in [3.8, 4) is 5.75 Å². The van der Waals surface area contributed by atoms with E-state index in [0.29, 0.717) is 5.82 Å². The molecule has 0 radical (unpaired) electrons. The van der Waals surface area contributed by atoms with E-state index >= 15 is 0 Å². The second-order valence-electron chi connectivity index (χ2n) is 4.92. The molecule has 1 aromatic rings. The quantitative estimate of drug-likeness (QED) is 0.723. The largest absolute Gasteiger partial charge is 0.489 e. The highest BCUT2D eigenvalue weighted by Gasteiger charge is 2.36. The number of aromatic amines is 1. The van der Waals surface area contributed by atoms with Gasteiger partial charge in [0.1, 0.15) is 0 Å². The molecule has 0 aliphatic carbocycles. The van der Waals surface area contributed by atoms with Crippen LogP contribution in [0.3, 0.4) is 0 Å². The van der Waals surface area contributed by atoms with Crippen molar-refractivity contribution in [2.75, 3.05) is 12.4 Å². The molecule has 0 aliphatic heterocycles. The highest BCUT2D eigenvalue weighted by molar-refractivity contribution is 5.50. The fourth-order valence-electron chi connectivity index (χ4n) is 1.11. The average molecular weight is 241 g/mol. The van der Waals surface area contributed by atoms with Crippen molar-refractivity contribution in [1.82, 2.24) is 9.97 Å². The smallest absolute Gasteiger partial charge is 0.295 e. The second kappa shape index (κ2) is 4.37. The predicted molar refractivity (Wildman–Crippen MR) is 65.4 cm³/mol. The Morgan fingerprint density at radius 3 is 2.47 bits per heavy atom. The Morgan fingerprint density at radius 2 is 2.00 bits per heavy atom. The molecule has 0 fully saturated rings. The van der Waals surface area contributed by atoms with Gasteiger partial charge in [-0.15, -0.1) is 0 Å². The summed E-state index contributed by atoms with van der Waals surface area (Å²) in [6, 6.07) is 0. The van der Waals surface area contributed by atoms with Crippen LogP contribution in [0.25, 0.3) is 0 Å². The molecular weight excluding hydrogens is 222 g/mol. The van der Waals surface area contributed by atoms with Crippen LogP contribution in [0, 0.1) is 0 Å². The monoisotopic (exact) mass is 241 g/mol. The Kier molecular flexibility index (Phi) is 3.47. The molecule has 0 unspecified atom stereocenters. The van der Waals surface area contributed by atoms with Gasteiger partial charge in [-0.3, -0.25) is 4.79 Å². The molecule has 0 saturated carbocycles. The van der Waals surface area contributed by atoms with Gasteiger partial charge in [-0.05, 0) is 27.7 Å². The summed E-state index contributed by atoms with van der Waals surface area (Å²) in [6.07, 6.45) is 1.29. The minimum absolute atomic E-state index is 0.102. The van der Waals surface area contributed by atoms with E-state index in [9.17, 15) is 9.90 Å². The van der Waals surface area contributed by atoms with Gasteiger partial charge in [0.25, 0.3) is 5.56 Å². The SMILES string of the molecule is COc1c(NC(C)(C)C(C)(C)O)nc[nH]c1=O. The molecule has 0 amide bonds. The maximum Gasteiger partial charge on any atom is 0.295 e. The zero-order valence-corrected chi connectivity index (χ0v) is 10.8. The molecule has 0 aliphatic rings. The third-order valence-corrected chi connectivity index (χ3v) is 2.98. The van der Waals surface area contributed by atoms with Crippen LogP contribution < -0.4 is 15.6 Å². The second-order valence-corrected chi connectivity index (χ2v) is 4.92. The molecule has 0 spiro atoms. The van der Waals surface area contributed by atoms with Crippen molar-refractivity contribution >= 4 is 5.82 Å². The molecule has 17 heavy (non-hydrogen) atoms. The number of ether oxygens (including phenoxy) is 1. The van der Waals surface area contributed by atoms with Crippen molar-refractivity contribution in [1.29, 1.82) is 0 Å². The summed E-state index contributed by atoms with van der Waals surface area (Å²) in [5.41, 5.74) is -2.01. The lowest BCUT2D eigenvalue weighted by atomic mass is 9.86. The molecule has 1 aromatic heterocycles. The Hall–Kier alpha value is -1.56. The highest BCUT2D eigenvalue weighted by atomic mass is 16.5. The molecule has 0 aromatic carbocycles. The van der Waals surface area contributed by atoms with Gasteiger partial charge in [0, 0.05) is 0 Å². The molecule has 0 bridgehead atoms. The summed E-state index contributed by atoms with van der Waals surface area (Å²) >= 11 is 0. The lowest BCUT2D eigenvalue weighted by Gasteiger charge is -2.38. The van der Waals surface area contributed by atoms with Crippen LogP contribution in [-0.2, 0) is 0 Å². The number of aromatic nitrogens is 2. The van der Waals surface area contributed by atoms with Crippen molar-refractivity contribution in [3.63, 3.8) is 0 Å². The zero-order valence-electron chi connectivity index (χ0n) is 10.8. The van der Waals surface area contributed by atoms with E-state index in [1.165, 1.54) is 13.4 Å². The van der Waals surface area contributed by atoms with E-state index in [-0.39, 0.29) is 11.3 Å². The lowest BCUT2D eigenvalue weighted by molar-refractivity contribution is 0.0238. The number of hydrogen-bond donors (Lipinski definition) is 3. The van der Waals surface area contributed by atoms with Crippen molar-refractivity contribution in [3.05, 3.63) is 16.7 Å². The van der Waals surface area contributed by atoms with Crippen molar-refractivity contribution < 1.29 is 9.84 Å². The number of hydrogen-bond acceptors (Lipinski definition) is 5. The Balaban J connectivity index is 3.12. The molecule has 96 valence electrons. The third kappa shape index (κ3) is 2.76. The number of nitrogens with one attached hydrogen (secondary N) is 2. The first-order chi connectivity index (χ1) is 7.69. The highest BCUT2D eigenvalue weighted by Crippen LogP contribution is 2.27. The molecule has 0 saturated heterocycles. The number of methoxy groups -OCH3 is 1. The van der Waals surface area contributed by atoms with E-state index in [1.807, 2.05) is 13.8 Å². The average Bonchev–Trinajstić information content (AvgIpc) is 2.15. The first-order valence-electron chi connectivity index (χ1n) is 5.31. The molecule has 6 heteroatoms. The third-order valence-electron chi connectivity index (χ3n) is 2.98. The molecule has 0 atom stereocenters. The van der Waals surface area contributed by atoms with Gasteiger partial charge in [0.15, 0.2) is 5.82 Å². The van der Waals surface area contributed by atoms with Gasteiger partial charge < -0.3 is 20.1 Å².